The number of rotatable bonds is 10. The van der Waals surface area contributed by atoms with E-state index in [-0.39, 0.29) is 24.2 Å². The van der Waals surface area contributed by atoms with Crippen LogP contribution in [-0.4, -0.2) is 27.7 Å². The maximum Gasteiger partial charge on any atom is 0.307 e. The van der Waals surface area contributed by atoms with E-state index in [0.717, 1.165) is 17.1 Å². The lowest BCUT2D eigenvalue weighted by Gasteiger charge is -2.11. The van der Waals surface area contributed by atoms with Crippen molar-refractivity contribution in [3.05, 3.63) is 105 Å². The van der Waals surface area contributed by atoms with Gasteiger partial charge in [0, 0.05) is 34.8 Å². The minimum atomic E-state index is -0.578. The molecule has 196 valence electrons. The number of nitro benzene ring substituents is 1. The highest BCUT2D eigenvalue weighted by atomic mass is 16.6. The molecule has 2 aromatic carbocycles. The Kier molecular flexibility index (Phi) is 7.91. The van der Waals surface area contributed by atoms with Crippen LogP contribution >= 0.6 is 0 Å². The van der Waals surface area contributed by atoms with E-state index in [0.29, 0.717) is 22.8 Å². The highest BCUT2D eigenvalue weighted by Gasteiger charge is 2.14. The van der Waals surface area contributed by atoms with Crippen molar-refractivity contribution < 1.29 is 23.6 Å². The Morgan fingerprint density at radius 3 is 2.45 bits per heavy atom. The van der Waals surface area contributed by atoms with Crippen molar-refractivity contribution in [1.29, 1.82) is 0 Å². The normalized spacial score (nSPS) is 11.2. The van der Waals surface area contributed by atoms with Gasteiger partial charge < -0.3 is 18.5 Å². The third-order valence-corrected chi connectivity index (χ3v) is 5.57. The molecule has 1 amide bonds. The van der Waals surface area contributed by atoms with Crippen LogP contribution in [0.25, 0.3) is 5.69 Å². The third kappa shape index (κ3) is 6.28. The van der Waals surface area contributed by atoms with Crippen LogP contribution < -0.4 is 14.9 Å². The molecule has 0 aliphatic heterocycles. The second kappa shape index (κ2) is 11.5. The van der Waals surface area contributed by atoms with Crippen molar-refractivity contribution in [1.82, 2.24) is 9.99 Å². The van der Waals surface area contributed by atoms with E-state index in [1.807, 2.05) is 38.1 Å². The fraction of sp³-hybridized carbons (Fsp3) is 0.214. The molecule has 0 aliphatic rings. The number of hydrazone groups is 1. The van der Waals surface area contributed by atoms with Crippen LogP contribution in [0.4, 0.5) is 5.69 Å². The monoisotopic (exact) mass is 516 g/mol. The van der Waals surface area contributed by atoms with Gasteiger partial charge in [-0.3, -0.25) is 14.9 Å². The van der Waals surface area contributed by atoms with Crippen LogP contribution in [-0.2, 0) is 6.61 Å². The first-order valence-corrected chi connectivity index (χ1v) is 12.0. The van der Waals surface area contributed by atoms with Gasteiger partial charge in [0.15, 0.2) is 5.76 Å². The molecule has 0 saturated heterocycles. The van der Waals surface area contributed by atoms with Crippen molar-refractivity contribution in [3.8, 4) is 17.2 Å². The molecule has 0 radical (unpaired) electrons. The van der Waals surface area contributed by atoms with Gasteiger partial charge in [-0.2, -0.15) is 5.10 Å². The summed E-state index contributed by atoms with van der Waals surface area (Å²) in [7, 11) is 0. The number of hydrogen-bond acceptors (Lipinski definition) is 7. The Balaban J connectivity index is 1.35. The molecule has 4 rings (SSSR count). The number of nitrogens with one attached hydrogen (secondary N) is 1. The second-order valence-corrected chi connectivity index (χ2v) is 8.85. The van der Waals surface area contributed by atoms with E-state index in [9.17, 15) is 14.9 Å². The fourth-order valence-corrected chi connectivity index (χ4v) is 3.83. The summed E-state index contributed by atoms with van der Waals surface area (Å²) >= 11 is 0. The van der Waals surface area contributed by atoms with Crippen LogP contribution in [0.5, 0.6) is 11.5 Å². The number of hydrogen-bond donors (Lipinski definition) is 1. The number of benzene rings is 2. The predicted molar refractivity (Wildman–Crippen MR) is 142 cm³/mol. The summed E-state index contributed by atoms with van der Waals surface area (Å²) in [5, 5.41) is 15.0. The molecular formula is C28H28N4O6. The largest absolute Gasteiger partial charge is 0.490 e. The number of nitrogens with zero attached hydrogens (tertiary/aromatic N) is 3. The van der Waals surface area contributed by atoms with Crippen LogP contribution in [0, 0.1) is 24.0 Å². The Bertz CT molecular complexity index is 1450. The molecule has 1 N–H and O–H groups in total. The molecule has 2 heterocycles. The van der Waals surface area contributed by atoms with Crippen molar-refractivity contribution in [2.24, 2.45) is 5.10 Å². The highest BCUT2D eigenvalue weighted by molar-refractivity contribution is 5.93. The summed E-state index contributed by atoms with van der Waals surface area (Å²) in [6.07, 6.45) is 1.14. The van der Waals surface area contributed by atoms with Gasteiger partial charge in [-0.05, 0) is 82.3 Å². The molecule has 2 aromatic heterocycles. The molecule has 10 heteroatoms. The molecule has 0 fully saturated rings. The number of non-ortho nitro benzene ring substituents is 1. The molecule has 0 spiro atoms. The minimum absolute atomic E-state index is 0.0485. The number of carbonyl (C=O) groups is 1. The van der Waals surface area contributed by atoms with E-state index in [2.05, 4.69) is 41.1 Å². The molecule has 0 bridgehead atoms. The Morgan fingerprint density at radius 1 is 1.08 bits per heavy atom. The first-order valence-electron chi connectivity index (χ1n) is 12.0. The number of amides is 1. The van der Waals surface area contributed by atoms with Crippen LogP contribution in [0.3, 0.4) is 0 Å². The summed E-state index contributed by atoms with van der Waals surface area (Å²) in [5.41, 5.74) is 5.94. The van der Waals surface area contributed by atoms with Gasteiger partial charge in [0.2, 0.25) is 0 Å². The Hall–Kier alpha value is -4.86. The van der Waals surface area contributed by atoms with E-state index < -0.39 is 10.8 Å². The maximum atomic E-state index is 12.5. The van der Waals surface area contributed by atoms with Crippen LogP contribution in [0.2, 0.25) is 0 Å². The Labute approximate surface area is 219 Å². The first kappa shape index (κ1) is 26.2. The zero-order chi connectivity index (χ0) is 27.2. The van der Waals surface area contributed by atoms with Crippen LogP contribution in [0.15, 0.2) is 76.2 Å². The summed E-state index contributed by atoms with van der Waals surface area (Å²) in [4.78, 5) is 23.1. The lowest BCUT2D eigenvalue weighted by Crippen LogP contribution is -2.17. The van der Waals surface area contributed by atoms with Gasteiger partial charge in [-0.15, -0.1) is 0 Å². The predicted octanol–water partition coefficient (Wildman–Crippen LogP) is 5.73. The van der Waals surface area contributed by atoms with Gasteiger partial charge in [-0.1, -0.05) is 0 Å². The number of furan rings is 1. The summed E-state index contributed by atoms with van der Waals surface area (Å²) < 4.78 is 19.2. The molecule has 38 heavy (non-hydrogen) atoms. The minimum Gasteiger partial charge on any atom is -0.490 e. The third-order valence-electron chi connectivity index (χ3n) is 5.57. The fourth-order valence-electron chi connectivity index (χ4n) is 3.83. The lowest BCUT2D eigenvalue weighted by atomic mass is 10.2. The molecule has 0 aliphatic carbocycles. The van der Waals surface area contributed by atoms with E-state index in [1.54, 1.807) is 6.07 Å². The van der Waals surface area contributed by atoms with E-state index in [4.69, 9.17) is 13.9 Å². The average molecular weight is 517 g/mol. The number of carbonyl (C=O) groups excluding carboxylic acids is 1. The van der Waals surface area contributed by atoms with Crippen molar-refractivity contribution >= 4 is 17.8 Å². The van der Waals surface area contributed by atoms with E-state index in [1.165, 1.54) is 30.5 Å². The maximum absolute atomic E-state index is 12.5. The smallest absolute Gasteiger partial charge is 0.307 e. The lowest BCUT2D eigenvalue weighted by molar-refractivity contribution is -0.384. The van der Waals surface area contributed by atoms with E-state index >= 15 is 0 Å². The number of ether oxygens (including phenoxy) is 2. The van der Waals surface area contributed by atoms with Gasteiger partial charge in [0.05, 0.1) is 17.2 Å². The summed E-state index contributed by atoms with van der Waals surface area (Å²) in [6.45, 7) is 7.92. The zero-order valence-electron chi connectivity index (χ0n) is 21.5. The number of nitro groups is 1. The quantitative estimate of drug-likeness (QED) is 0.163. The molecule has 10 nitrogen and oxygen atoms in total. The topological polar surface area (TPSA) is 121 Å². The summed E-state index contributed by atoms with van der Waals surface area (Å²) in [5.74, 6) is 1.01. The zero-order valence-corrected chi connectivity index (χ0v) is 21.5. The highest BCUT2D eigenvalue weighted by Crippen LogP contribution is 2.24. The molecule has 0 unspecified atom stereocenters. The molecule has 0 saturated carbocycles. The average Bonchev–Trinajstić information content (AvgIpc) is 3.49. The van der Waals surface area contributed by atoms with Crippen molar-refractivity contribution in [3.63, 3.8) is 0 Å². The van der Waals surface area contributed by atoms with Gasteiger partial charge in [0.1, 0.15) is 23.9 Å². The van der Waals surface area contributed by atoms with Gasteiger partial charge in [0.25, 0.3) is 5.69 Å². The molecule has 0 atom stereocenters. The SMILES string of the molecule is Cc1ccc(C)n1-c1ccc(OCc2ccc(C(=O)N/N=C/c3cc([N+](=O)[O-])ccc3OC(C)C)o2)cc1. The summed E-state index contributed by atoms with van der Waals surface area (Å²) in [6, 6.07) is 19.2. The molecule has 4 aromatic rings. The second-order valence-electron chi connectivity index (χ2n) is 8.85. The van der Waals surface area contributed by atoms with Crippen LogP contribution in [0.1, 0.15) is 47.1 Å². The molecular weight excluding hydrogens is 488 g/mol. The van der Waals surface area contributed by atoms with Gasteiger partial charge >= 0.3 is 5.91 Å². The Morgan fingerprint density at radius 2 is 1.79 bits per heavy atom. The van der Waals surface area contributed by atoms with Crippen molar-refractivity contribution in [2.75, 3.05) is 0 Å². The van der Waals surface area contributed by atoms with Crippen molar-refractivity contribution in [2.45, 2.75) is 40.4 Å². The first-order chi connectivity index (χ1) is 18.2. The number of aromatic nitrogens is 1. The standard InChI is InChI=1S/C28H28N4O6/c1-18(2)37-26-13-9-23(32(34)35)15-21(26)16-29-30-28(33)27-14-12-25(38-27)17-36-24-10-7-22(8-11-24)31-19(3)5-6-20(31)4/h5-16,18H,17H2,1-4H3,(H,30,33)/b29-16+. The van der Waals surface area contributed by atoms with Gasteiger partial charge in [-0.25, -0.2) is 5.43 Å². The number of aryl methyl sites for hydroxylation is 2.